The summed E-state index contributed by atoms with van der Waals surface area (Å²) in [4.78, 5) is 0. The van der Waals surface area contributed by atoms with Gasteiger partial charge in [-0.2, -0.15) is 0 Å². The van der Waals surface area contributed by atoms with Crippen LogP contribution in [0.5, 0.6) is 0 Å². The van der Waals surface area contributed by atoms with Crippen LogP contribution in [-0.4, -0.2) is 18.3 Å². The molecule has 1 aliphatic heterocycles. The maximum atomic E-state index is 5.79. The smallest absolute Gasteiger partial charge is 0.405 e. The predicted octanol–water partition coefficient (Wildman–Crippen LogP) is 0.933. The molecule has 0 aromatic carbocycles. The third-order valence-corrected chi connectivity index (χ3v) is 3.01. The summed E-state index contributed by atoms with van der Waals surface area (Å²) < 4.78 is 11.6. The zero-order chi connectivity index (χ0) is 11.7. The second-order valence-electron chi connectivity index (χ2n) is 4.61. The molecule has 5 heteroatoms. The predicted molar refractivity (Wildman–Crippen MR) is 61.7 cm³/mol. The van der Waals surface area contributed by atoms with Crippen molar-refractivity contribution >= 4 is 7.12 Å². The standard InChI is InChI=1S/C10H19BN2O2/c1-9(2)10(3,4)15-11(14-9)8(7-13)5-6-12/h5-7H,12-13H2,1-4H3/b6-5-,8-7+. The lowest BCUT2D eigenvalue weighted by Crippen LogP contribution is -2.41. The summed E-state index contributed by atoms with van der Waals surface area (Å²) in [5, 5.41) is 0. The summed E-state index contributed by atoms with van der Waals surface area (Å²) in [7, 11) is -0.445. The van der Waals surface area contributed by atoms with Gasteiger partial charge in [-0.15, -0.1) is 0 Å². The lowest BCUT2D eigenvalue weighted by Gasteiger charge is -2.32. The molecule has 0 spiro atoms. The highest BCUT2D eigenvalue weighted by Gasteiger charge is 2.51. The second-order valence-corrected chi connectivity index (χ2v) is 4.61. The van der Waals surface area contributed by atoms with Gasteiger partial charge in [0.25, 0.3) is 0 Å². The van der Waals surface area contributed by atoms with Crippen LogP contribution < -0.4 is 11.5 Å². The fraction of sp³-hybridized carbons (Fsp3) is 0.600. The van der Waals surface area contributed by atoms with Gasteiger partial charge in [0.1, 0.15) is 0 Å². The molecule has 0 aromatic heterocycles. The van der Waals surface area contributed by atoms with Crippen LogP contribution >= 0.6 is 0 Å². The molecule has 15 heavy (non-hydrogen) atoms. The molecule has 0 unspecified atom stereocenters. The topological polar surface area (TPSA) is 70.5 Å². The number of hydrogen-bond acceptors (Lipinski definition) is 4. The summed E-state index contributed by atoms with van der Waals surface area (Å²) in [6, 6.07) is 0. The molecule has 4 N–H and O–H groups in total. The van der Waals surface area contributed by atoms with Crippen molar-refractivity contribution in [2.45, 2.75) is 38.9 Å². The number of nitrogens with two attached hydrogens (primary N) is 2. The van der Waals surface area contributed by atoms with Gasteiger partial charge < -0.3 is 20.8 Å². The van der Waals surface area contributed by atoms with Gasteiger partial charge in [-0.25, -0.2) is 0 Å². The molecule has 1 fully saturated rings. The van der Waals surface area contributed by atoms with Crippen molar-refractivity contribution in [3.63, 3.8) is 0 Å². The van der Waals surface area contributed by atoms with Crippen molar-refractivity contribution < 1.29 is 9.31 Å². The van der Waals surface area contributed by atoms with Crippen LogP contribution in [0.25, 0.3) is 0 Å². The van der Waals surface area contributed by atoms with Gasteiger partial charge in [-0.3, -0.25) is 0 Å². The van der Waals surface area contributed by atoms with Crippen LogP contribution in [0, 0.1) is 0 Å². The minimum atomic E-state index is -0.445. The maximum absolute atomic E-state index is 5.79. The Morgan fingerprint density at radius 2 is 1.53 bits per heavy atom. The minimum Gasteiger partial charge on any atom is -0.405 e. The van der Waals surface area contributed by atoms with Gasteiger partial charge in [0.15, 0.2) is 0 Å². The highest BCUT2D eigenvalue weighted by molar-refractivity contribution is 6.55. The van der Waals surface area contributed by atoms with E-state index in [1.54, 1.807) is 6.08 Å². The fourth-order valence-corrected chi connectivity index (χ4v) is 1.30. The third kappa shape index (κ3) is 2.18. The molecule has 0 radical (unpaired) electrons. The molecule has 0 aromatic rings. The monoisotopic (exact) mass is 210 g/mol. The summed E-state index contributed by atoms with van der Waals surface area (Å²) in [6.07, 6.45) is 4.55. The Hall–Kier alpha value is -0.935. The largest absolute Gasteiger partial charge is 0.496 e. The summed E-state index contributed by atoms with van der Waals surface area (Å²) in [5.74, 6) is 0. The zero-order valence-electron chi connectivity index (χ0n) is 9.78. The van der Waals surface area contributed by atoms with Crippen LogP contribution in [-0.2, 0) is 9.31 Å². The molecule has 0 saturated carbocycles. The molecule has 0 bridgehead atoms. The lowest BCUT2D eigenvalue weighted by molar-refractivity contribution is 0.00578. The molecule has 0 aliphatic carbocycles. The maximum Gasteiger partial charge on any atom is 0.496 e. The van der Waals surface area contributed by atoms with Gasteiger partial charge in [-0.1, -0.05) is 0 Å². The third-order valence-electron chi connectivity index (χ3n) is 3.01. The number of allylic oxidation sites excluding steroid dienone is 2. The van der Waals surface area contributed by atoms with E-state index in [2.05, 4.69) is 0 Å². The Labute approximate surface area is 91.4 Å². The van der Waals surface area contributed by atoms with E-state index in [4.69, 9.17) is 20.8 Å². The van der Waals surface area contributed by atoms with Gasteiger partial charge in [0.2, 0.25) is 0 Å². The van der Waals surface area contributed by atoms with E-state index in [-0.39, 0.29) is 11.2 Å². The Morgan fingerprint density at radius 3 is 1.87 bits per heavy atom. The first-order valence-corrected chi connectivity index (χ1v) is 5.00. The Bertz CT molecular complexity index is 282. The number of hydrogen-bond donors (Lipinski definition) is 2. The van der Waals surface area contributed by atoms with E-state index < -0.39 is 7.12 Å². The molecule has 84 valence electrons. The molecule has 0 atom stereocenters. The summed E-state index contributed by atoms with van der Waals surface area (Å²) >= 11 is 0. The lowest BCUT2D eigenvalue weighted by atomic mass is 9.79. The molecular formula is C10H19BN2O2. The Kier molecular flexibility index (Phi) is 3.16. The van der Waals surface area contributed by atoms with Gasteiger partial charge in [0, 0.05) is 0 Å². The normalized spacial score (nSPS) is 25.1. The van der Waals surface area contributed by atoms with E-state index >= 15 is 0 Å². The van der Waals surface area contributed by atoms with E-state index in [1.807, 2.05) is 27.7 Å². The highest BCUT2D eigenvalue weighted by atomic mass is 16.7. The second kappa shape index (κ2) is 3.91. The molecule has 1 aliphatic rings. The quantitative estimate of drug-likeness (QED) is 0.525. The van der Waals surface area contributed by atoms with Gasteiger partial charge in [0.05, 0.1) is 11.2 Å². The van der Waals surface area contributed by atoms with Crippen LogP contribution in [0.3, 0.4) is 0 Å². The summed E-state index contributed by atoms with van der Waals surface area (Å²) in [5.41, 5.74) is 10.8. The van der Waals surface area contributed by atoms with E-state index in [1.165, 1.54) is 12.4 Å². The molecule has 1 heterocycles. The van der Waals surface area contributed by atoms with Crippen LogP contribution in [0.15, 0.2) is 23.9 Å². The van der Waals surface area contributed by atoms with Crippen molar-refractivity contribution in [2.24, 2.45) is 11.5 Å². The molecule has 0 amide bonds. The van der Waals surface area contributed by atoms with E-state index in [9.17, 15) is 0 Å². The SMILES string of the molecule is CC1(C)OB(C(/C=C\N)=C/N)OC1(C)C. The Morgan fingerprint density at radius 1 is 1.07 bits per heavy atom. The van der Waals surface area contributed by atoms with Crippen molar-refractivity contribution in [1.29, 1.82) is 0 Å². The minimum absolute atomic E-state index is 0.353. The zero-order valence-corrected chi connectivity index (χ0v) is 9.78. The van der Waals surface area contributed by atoms with Crippen molar-refractivity contribution in [3.05, 3.63) is 23.9 Å². The van der Waals surface area contributed by atoms with Crippen LogP contribution in [0.1, 0.15) is 27.7 Å². The first-order chi connectivity index (χ1) is 6.84. The number of rotatable bonds is 2. The van der Waals surface area contributed by atoms with Crippen LogP contribution in [0.4, 0.5) is 0 Å². The van der Waals surface area contributed by atoms with Gasteiger partial charge in [-0.05, 0) is 51.6 Å². The molecule has 4 nitrogen and oxygen atoms in total. The van der Waals surface area contributed by atoms with Crippen molar-refractivity contribution in [2.75, 3.05) is 0 Å². The molecule has 1 rings (SSSR count). The van der Waals surface area contributed by atoms with Gasteiger partial charge >= 0.3 is 7.12 Å². The van der Waals surface area contributed by atoms with Crippen LogP contribution in [0.2, 0.25) is 0 Å². The highest BCUT2D eigenvalue weighted by Crippen LogP contribution is 2.38. The first kappa shape index (κ1) is 12.1. The van der Waals surface area contributed by atoms with Crippen molar-refractivity contribution in [3.8, 4) is 0 Å². The Balaban J connectivity index is 2.87. The first-order valence-electron chi connectivity index (χ1n) is 5.00. The molecular weight excluding hydrogens is 191 g/mol. The summed E-state index contributed by atoms with van der Waals surface area (Å²) in [6.45, 7) is 7.97. The average Bonchev–Trinajstić information content (AvgIpc) is 2.32. The van der Waals surface area contributed by atoms with E-state index in [0.29, 0.717) is 0 Å². The van der Waals surface area contributed by atoms with E-state index in [0.717, 1.165) is 5.47 Å². The fourth-order valence-electron chi connectivity index (χ4n) is 1.30. The van der Waals surface area contributed by atoms with Crippen molar-refractivity contribution in [1.82, 2.24) is 0 Å². The molecule has 1 saturated heterocycles. The average molecular weight is 210 g/mol.